The van der Waals surface area contributed by atoms with E-state index in [4.69, 9.17) is 9.47 Å². The number of unbranched alkanes of at least 4 members (excludes halogenated alkanes) is 2. The molecule has 5 heteroatoms. The van der Waals surface area contributed by atoms with E-state index in [0.29, 0.717) is 13.0 Å². The van der Waals surface area contributed by atoms with E-state index in [1.807, 2.05) is 18.2 Å². The Morgan fingerprint density at radius 2 is 1.90 bits per heavy atom. The number of fused-ring (bicyclic) bond motifs is 1. The van der Waals surface area contributed by atoms with Gasteiger partial charge < -0.3 is 19.7 Å². The van der Waals surface area contributed by atoms with Crippen LogP contribution in [0.25, 0.3) is 10.8 Å². The van der Waals surface area contributed by atoms with E-state index in [0.717, 1.165) is 50.0 Å². The number of hydrogen-bond acceptors (Lipinski definition) is 5. The Bertz CT molecular complexity index is 838. The average Bonchev–Trinajstić information content (AvgIpc) is 3.32. The van der Waals surface area contributed by atoms with Crippen LogP contribution in [0.2, 0.25) is 0 Å². The molecule has 0 unspecified atom stereocenters. The van der Waals surface area contributed by atoms with E-state index in [1.165, 1.54) is 44.0 Å². The van der Waals surface area contributed by atoms with Gasteiger partial charge in [-0.25, -0.2) is 0 Å². The molecule has 3 rings (SSSR count). The maximum absolute atomic E-state index is 11.3. The van der Waals surface area contributed by atoms with Crippen LogP contribution in [-0.4, -0.2) is 57.3 Å². The number of likely N-dealkylation sites (tertiary alicyclic amines) is 1. The molecule has 168 valence electrons. The average molecular weight is 425 g/mol. The summed E-state index contributed by atoms with van der Waals surface area (Å²) in [5, 5.41) is 5.92. The van der Waals surface area contributed by atoms with Crippen molar-refractivity contribution in [2.24, 2.45) is 0 Å². The van der Waals surface area contributed by atoms with Gasteiger partial charge in [0.2, 0.25) is 0 Å². The van der Waals surface area contributed by atoms with Crippen LogP contribution >= 0.6 is 0 Å². The van der Waals surface area contributed by atoms with Crippen LogP contribution in [0.15, 0.2) is 54.1 Å². The van der Waals surface area contributed by atoms with E-state index in [9.17, 15) is 4.79 Å². The SMILES string of the molecule is COC(=O)CCCC/C=C(/CNCCN1CCCC1)COc1cccc2ccccc12. The number of carbonyl (C=O) groups excluding carboxylic acids is 1. The highest BCUT2D eigenvalue weighted by molar-refractivity contribution is 5.88. The molecule has 0 amide bonds. The number of hydrogen-bond donors (Lipinski definition) is 1. The summed E-state index contributed by atoms with van der Waals surface area (Å²) in [5.74, 6) is 0.791. The molecule has 1 fully saturated rings. The first-order chi connectivity index (χ1) is 15.3. The quantitative estimate of drug-likeness (QED) is 0.290. The Morgan fingerprint density at radius 1 is 1.10 bits per heavy atom. The number of methoxy groups -OCH3 is 1. The van der Waals surface area contributed by atoms with Gasteiger partial charge in [-0.05, 0) is 62.2 Å². The first kappa shape index (κ1) is 23.3. The molecule has 31 heavy (non-hydrogen) atoms. The normalized spacial score (nSPS) is 14.8. The van der Waals surface area contributed by atoms with Crippen LogP contribution in [0.1, 0.15) is 38.5 Å². The molecule has 0 radical (unpaired) electrons. The predicted octanol–water partition coefficient (Wildman–Crippen LogP) is 4.56. The fraction of sp³-hybridized carbons (Fsp3) is 0.500. The van der Waals surface area contributed by atoms with E-state index in [2.05, 4.69) is 40.6 Å². The molecule has 0 spiro atoms. The summed E-state index contributed by atoms with van der Waals surface area (Å²) in [5.41, 5.74) is 1.26. The van der Waals surface area contributed by atoms with Gasteiger partial charge in [-0.3, -0.25) is 4.79 Å². The van der Waals surface area contributed by atoms with Gasteiger partial charge >= 0.3 is 5.97 Å². The summed E-state index contributed by atoms with van der Waals surface area (Å²) in [4.78, 5) is 13.8. The first-order valence-electron chi connectivity index (χ1n) is 11.5. The highest BCUT2D eigenvalue weighted by atomic mass is 16.5. The Hall–Kier alpha value is -2.37. The number of ether oxygens (including phenoxy) is 2. The van der Waals surface area contributed by atoms with Gasteiger partial charge in [0, 0.05) is 31.4 Å². The summed E-state index contributed by atoms with van der Waals surface area (Å²) >= 11 is 0. The van der Waals surface area contributed by atoms with Gasteiger partial charge in [0.05, 0.1) is 7.11 Å². The molecule has 0 saturated carbocycles. The molecule has 0 bridgehead atoms. The summed E-state index contributed by atoms with van der Waals surface area (Å²) in [6.07, 6.45) is 8.18. The minimum atomic E-state index is -0.132. The number of benzene rings is 2. The second kappa shape index (κ2) is 13.1. The number of esters is 1. The molecule has 2 aromatic rings. The topological polar surface area (TPSA) is 50.8 Å². The van der Waals surface area contributed by atoms with E-state index in [-0.39, 0.29) is 5.97 Å². The summed E-state index contributed by atoms with van der Waals surface area (Å²) in [6.45, 7) is 5.96. The second-order valence-corrected chi connectivity index (χ2v) is 8.18. The molecule has 0 aliphatic carbocycles. The van der Waals surface area contributed by atoms with Crippen molar-refractivity contribution < 1.29 is 14.3 Å². The van der Waals surface area contributed by atoms with Gasteiger partial charge in [0.1, 0.15) is 12.4 Å². The van der Waals surface area contributed by atoms with Crippen molar-refractivity contribution in [1.82, 2.24) is 10.2 Å². The van der Waals surface area contributed by atoms with Crippen molar-refractivity contribution in [2.75, 3.05) is 46.4 Å². The molecule has 0 atom stereocenters. The minimum Gasteiger partial charge on any atom is -0.489 e. The lowest BCUT2D eigenvalue weighted by molar-refractivity contribution is -0.140. The van der Waals surface area contributed by atoms with Crippen molar-refractivity contribution in [2.45, 2.75) is 38.5 Å². The Balaban J connectivity index is 1.51. The number of nitrogens with zero attached hydrogens (tertiary/aromatic N) is 1. The van der Waals surface area contributed by atoms with E-state index < -0.39 is 0 Å². The van der Waals surface area contributed by atoms with Gasteiger partial charge in [0.25, 0.3) is 0 Å². The van der Waals surface area contributed by atoms with Crippen molar-refractivity contribution in [3.05, 3.63) is 54.1 Å². The van der Waals surface area contributed by atoms with Gasteiger partial charge in [-0.15, -0.1) is 0 Å². The predicted molar refractivity (Wildman–Crippen MR) is 127 cm³/mol. The summed E-state index contributed by atoms with van der Waals surface area (Å²) in [7, 11) is 1.44. The monoisotopic (exact) mass is 424 g/mol. The fourth-order valence-corrected chi connectivity index (χ4v) is 3.99. The zero-order chi connectivity index (χ0) is 21.7. The molecular formula is C26H36N2O3. The first-order valence-corrected chi connectivity index (χ1v) is 11.5. The number of carbonyl (C=O) groups is 1. The maximum atomic E-state index is 11.3. The summed E-state index contributed by atoms with van der Waals surface area (Å²) in [6, 6.07) is 14.5. The highest BCUT2D eigenvalue weighted by Gasteiger charge is 2.10. The van der Waals surface area contributed by atoms with Crippen LogP contribution in [0, 0.1) is 0 Å². The lowest BCUT2D eigenvalue weighted by atomic mass is 10.1. The lowest BCUT2D eigenvalue weighted by Crippen LogP contribution is -2.31. The third-order valence-corrected chi connectivity index (χ3v) is 5.81. The second-order valence-electron chi connectivity index (χ2n) is 8.18. The molecule has 1 aliphatic rings. The number of nitrogens with one attached hydrogen (secondary N) is 1. The van der Waals surface area contributed by atoms with Crippen LogP contribution in [0.3, 0.4) is 0 Å². The van der Waals surface area contributed by atoms with E-state index >= 15 is 0 Å². The molecule has 1 aliphatic heterocycles. The zero-order valence-corrected chi connectivity index (χ0v) is 18.8. The van der Waals surface area contributed by atoms with Gasteiger partial charge in [-0.2, -0.15) is 0 Å². The van der Waals surface area contributed by atoms with Crippen LogP contribution in [0.5, 0.6) is 5.75 Å². The Morgan fingerprint density at radius 3 is 2.74 bits per heavy atom. The highest BCUT2D eigenvalue weighted by Crippen LogP contribution is 2.25. The zero-order valence-electron chi connectivity index (χ0n) is 18.8. The third kappa shape index (κ3) is 8.00. The summed E-state index contributed by atoms with van der Waals surface area (Å²) < 4.78 is 11.0. The fourth-order valence-electron chi connectivity index (χ4n) is 3.99. The molecule has 5 nitrogen and oxygen atoms in total. The van der Waals surface area contributed by atoms with Crippen molar-refractivity contribution >= 4 is 16.7 Å². The molecular weight excluding hydrogens is 388 g/mol. The smallest absolute Gasteiger partial charge is 0.305 e. The third-order valence-electron chi connectivity index (χ3n) is 5.81. The molecule has 1 heterocycles. The molecule has 1 N–H and O–H groups in total. The van der Waals surface area contributed by atoms with E-state index in [1.54, 1.807) is 0 Å². The Labute approximate surface area is 186 Å². The van der Waals surface area contributed by atoms with Crippen LogP contribution in [0.4, 0.5) is 0 Å². The maximum Gasteiger partial charge on any atom is 0.305 e. The largest absolute Gasteiger partial charge is 0.489 e. The number of allylic oxidation sites excluding steroid dienone is 1. The van der Waals surface area contributed by atoms with Crippen molar-refractivity contribution in [1.29, 1.82) is 0 Å². The molecule has 2 aromatic carbocycles. The lowest BCUT2D eigenvalue weighted by Gasteiger charge is -2.16. The van der Waals surface area contributed by atoms with Crippen LogP contribution < -0.4 is 10.1 Å². The minimum absolute atomic E-state index is 0.132. The van der Waals surface area contributed by atoms with Gasteiger partial charge in [0.15, 0.2) is 0 Å². The standard InChI is InChI=1S/C26H36N2O3/c1-30-26(29)15-4-2-3-10-22(20-27-16-19-28-17-7-8-18-28)21-31-25-14-9-12-23-11-5-6-13-24(23)25/h5-6,9-14,27H,2-4,7-8,15-21H2,1H3/b22-10-. The van der Waals surface area contributed by atoms with Crippen molar-refractivity contribution in [3.63, 3.8) is 0 Å². The van der Waals surface area contributed by atoms with Crippen LogP contribution in [-0.2, 0) is 9.53 Å². The molecule has 0 aromatic heterocycles. The van der Waals surface area contributed by atoms with Gasteiger partial charge in [-0.1, -0.05) is 42.5 Å². The molecule has 1 saturated heterocycles. The van der Waals surface area contributed by atoms with Crippen molar-refractivity contribution in [3.8, 4) is 5.75 Å². The number of rotatable bonds is 13. The Kier molecular flexibility index (Phi) is 9.87.